The van der Waals surface area contributed by atoms with Gasteiger partial charge in [0, 0.05) is 6.61 Å². The average Bonchev–Trinajstić information content (AvgIpc) is 2.29. The summed E-state index contributed by atoms with van der Waals surface area (Å²) in [6.07, 6.45) is 1.59. The Morgan fingerprint density at radius 1 is 1.59 bits per heavy atom. The van der Waals surface area contributed by atoms with Gasteiger partial charge in [-0.1, -0.05) is 13.8 Å². The molecule has 0 aromatic carbocycles. The lowest BCUT2D eigenvalue weighted by molar-refractivity contribution is 0.127. The molecule has 1 unspecified atom stereocenters. The molecule has 5 nitrogen and oxygen atoms in total. The Bertz CT molecular complexity index is 406. The van der Waals surface area contributed by atoms with Crippen LogP contribution < -0.4 is 10.9 Å². The van der Waals surface area contributed by atoms with Gasteiger partial charge in [-0.15, -0.1) is 0 Å². The highest BCUT2D eigenvalue weighted by Crippen LogP contribution is 2.18. The maximum Gasteiger partial charge on any atom is 0.280 e. The Kier molecular flexibility index (Phi) is 5.64. The van der Waals surface area contributed by atoms with Crippen LogP contribution in [-0.2, 0) is 4.74 Å². The number of nitrogens with one attached hydrogen (secondary N) is 2. The molecule has 0 amide bonds. The molecule has 17 heavy (non-hydrogen) atoms. The largest absolute Gasteiger partial charge is 0.380 e. The van der Waals surface area contributed by atoms with Gasteiger partial charge in [-0.2, -0.15) is 5.10 Å². The van der Waals surface area contributed by atoms with Crippen LogP contribution >= 0.6 is 15.9 Å². The fourth-order valence-electron chi connectivity index (χ4n) is 1.33. The van der Waals surface area contributed by atoms with Crippen LogP contribution in [0.25, 0.3) is 0 Å². The molecule has 0 saturated carbocycles. The molecule has 0 saturated heterocycles. The molecule has 0 aliphatic heterocycles. The second kappa shape index (κ2) is 6.76. The molecule has 0 radical (unpaired) electrons. The molecule has 1 atom stereocenters. The first-order valence-electron chi connectivity index (χ1n) is 5.63. The van der Waals surface area contributed by atoms with Crippen molar-refractivity contribution in [2.24, 2.45) is 5.92 Å². The Hall–Kier alpha value is -0.880. The molecule has 0 aliphatic carbocycles. The summed E-state index contributed by atoms with van der Waals surface area (Å²) >= 11 is 3.24. The van der Waals surface area contributed by atoms with Crippen molar-refractivity contribution in [2.45, 2.75) is 26.8 Å². The van der Waals surface area contributed by atoms with Crippen LogP contribution in [-0.4, -0.2) is 29.5 Å². The van der Waals surface area contributed by atoms with Gasteiger partial charge in [0.25, 0.3) is 5.56 Å². The molecule has 96 valence electrons. The Balaban J connectivity index is 2.78. The summed E-state index contributed by atoms with van der Waals surface area (Å²) in [7, 11) is 0. The number of hydrogen-bond donors (Lipinski definition) is 2. The first-order chi connectivity index (χ1) is 8.06. The number of halogens is 1. The third-order valence-electron chi connectivity index (χ3n) is 2.44. The van der Waals surface area contributed by atoms with Crippen LogP contribution in [0, 0.1) is 5.92 Å². The molecule has 0 aliphatic rings. The zero-order valence-corrected chi connectivity index (χ0v) is 11.9. The summed E-state index contributed by atoms with van der Waals surface area (Å²) in [6, 6.07) is 0.148. The van der Waals surface area contributed by atoms with Gasteiger partial charge in [0.1, 0.15) is 4.47 Å². The van der Waals surface area contributed by atoms with Gasteiger partial charge in [-0.25, -0.2) is 5.10 Å². The molecule has 1 rings (SSSR count). The molecule has 2 N–H and O–H groups in total. The summed E-state index contributed by atoms with van der Waals surface area (Å²) in [5.74, 6) is 0.396. The van der Waals surface area contributed by atoms with Crippen molar-refractivity contribution < 1.29 is 4.74 Å². The number of ether oxygens (including phenoxy) is 1. The predicted octanol–water partition coefficient (Wildman–Crippen LogP) is 2.01. The molecule has 0 fully saturated rings. The van der Waals surface area contributed by atoms with Gasteiger partial charge >= 0.3 is 0 Å². The van der Waals surface area contributed by atoms with E-state index in [4.69, 9.17) is 4.74 Å². The number of rotatable bonds is 6. The van der Waals surface area contributed by atoms with Crippen molar-refractivity contribution in [1.29, 1.82) is 0 Å². The minimum atomic E-state index is -0.242. The minimum absolute atomic E-state index is 0.148. The van der Waals surface area contributed by atoms with E-state index in [-0.39, 0.29) is 11.6 Å². The minimum Gasteiger partial charge on any atom is -0.380 e. The van der Waals surface area contributed by atoms with Crippen molar-refractivity contribution >= 4 is 21.6 Å². The van der Waals surface area contributed by atoms with E-state index in [0.717, 1.165) is 0 Å². The van der Waals surface area contributed by atoms with Crippen molar-refractivity contribution in [1.82, 2.24) is 10.2 Å². The molecular weight excluding hydrogens is 286 g/mol. The zero-order chi connectivity index (χ0) is 12.8. The van der Waals surface area contributed by atoms with Gasteiger partial charge < -0.3 is 10.1 Å². The lowest BCUT2D eigenvalue weighted by atomic mass is 10.1. The Morgan fingerprint density at radius 2 is 2.29 bits per heavy atom. The van der Waals surface area contributed by atoms with Crippen LogP contribution in [0.5, 0.6) is 0 Å². The summed E-state index contributed by atoms with van der Waals surface area (Å²) in [5.41, 5.74) is 0.445. The lowest BCUT2D eigenvalue weighted by Crippen LogP contribution is -2.31. The average molecular weight is 304 g/mol. The van der Waals surface area contributed by atoms with Crippen LogP contribution in [0.1, 0.15) is 20.8 Å². The molecule has 6 heteroatoms. The number of hydrogen-bond acceptors (Lipinski definition) is 4. The SMILES string of the molecule is CCOCC(Nc1cn[nH]c(=O)c1Br)C(C)C. The lowest BCUT2D eigenvalue weighted by Gasteiger charge is -2.23. The molecule has 1 heterocycles. The topological polar surface area (TPSA) is 67.0 Å². The Labute approximate surface area is 109 Å². The number of aromatic nitrogens is 2. The zero-order valence-electron chi connectivity index (χ0n) is 10.3. The third-order valence-corrected chi connectivity index (χ3v) is 3.23. The van der Waals surface area contributed by atoms with Crippen molar-refractivity contribution in [3.8, 4) is 0 Å². The number of anilines is 1. The van der Waals surface area contributed by atoms with Gasteiger partial charge in [-0.3, -0.25) is 4.79 Å². The van der Waals surface area contributed by atoms with E-state index in [9.17, 15) is 4.79 Å². The van der Waals surface area contributed by atoms with Crippen molar-refractivity contribution in [2.75, 3.05) is 18.5 Å². The molecule has 1 aromatic heterocycles. The fraction of sp³-hybridized carbons (Fsp3) is 0.636. The van der Waals surface area contributed by atoms with Crippen LogP contribution in [0.15, 0.2) is 15.5 Å². The second-order valence-corrected chi connectivity index (χ2v) is 4.87. The van der Waals surface area contributed by atoms with Gasteiger partial charge in [0.2, 0.25) is 0 Å². The van der Waals surface area contributed by atoms with E-state index in [1.165, 1.54) is 0 Å². The van der Waals surface area contributed by atoms with Crippen LogP contribution in [0.2, 0.25) is 0 Å². The maximum atomic E-state index is 11.4. The molecule has 1 aromatic rings. The Morgan fingerprint density at radius 3 is 2.88 bits per heavy atom. The highest BCUT2D eigenvalue weighted by Gasteiger charge is 2.15. The predicted molar refractivity (Wildman–Crippen MR) is 71.3 cm³/mol. The van der Waals surface area contributed by atoms with Crippen LogP contribution in [0.4, 0.5) is 5.69 Å². The normalized spacial score (nSPS) is 12.8. The van der Waals surface area contributed by atoms with Crippen molar-refractivity contribution in [3.63, 3.8) is 0 Å². The molecule has 0 bridgehead atoms. The summed E-state index contributed by atoms with van der Waals surface area (Å²) in [6.45, 7) is 7.45. The van der Waals surface area contributed by atoms with Gasteiger partial charge in [-0.05, 0) is 28.8 Å². The number of H-pyrrole nitrogens is 1. The van der Waals surface area contributed by atoms with Crippen molar-refractivity contribution in [3.05, 3.63) is 21.0 Å². The smallest absolute Gasteiger partial charge is 0.280 e. The number of aromatic amines is 1. The highest BCUT2D eigenvalue weighted by molar-refractivity contribution is 9.10. The van der Waals surface area contributed by atoms with E-state index in [1.807, 2.05) is 6.92 Å². The number of nitrogens with zero attached hydrogens (tertiary/aromatic N) is 1. The summed E-state index contributed by atoms with van der Waals surface area (Å²) in [4.78, 5) is 11.4. The van der Waals surface area contributed by atoms with E-state index in [1.54, 1.807) is 6.20 Å². The monoisotopic (exact) mass is 303 g/mol. The van der Waals surface area contributed by atoms with Gasteiger partial charge in [0.15, 0.2) is 0 Å². The molecular formula is C11H18BrN3O2. The summed E-state index contributed by atoms with van der Waals surface area (Å²) in [5, 5.41) is 9.40. The standard InChI is InChI=1S/C11H18BrN3O2/c1-4-17-6-9(7(2)3)14-8-5-13-15-11(16)10(8)12/h5,7,9H,4,6H2,1-3H3,(H2,14,15,16). The van der Waals surface area contributed by atoms with Crippen LogP contribution in [0.3, 0.4) is 0 Å². The quantitative estimate of drug-likeness (QED) is 0.843. The first-order valence-corrected chi connectivity index (χ1v) is 6.43. The second-order valence-electron chi connectivity index (χ2n) is 4.08. The first kappa shape index (κ1) is 14.2. The van der Waals surface area contributed by atoms with Gasteiger partial charge in [0.05, 0.1) is 24.5 Å². The van der Waals surface area contributed by atoms with E-state index >= 15 is 0 Å². The molecule has 0 spiro atoms. The summed E-state index contributed by atoms with van der Waals surface area (Å²) < 4.78 is 5.88. The van der Waals surface area contributed by atoms with E-state index in [2.05, 4.69) is 45.3 Å². The highest BCUT2D eigenvalue weighted by atomic mass is 79.9. The van der Waals surface area contributed by atoms with E-state index < -0.39 is 0 Å². The maximum absolute atomic E-state index is 11.4. The third kappa shape index (κ3) is 4.12. The van der Waals surface area contributed by atoms with E-state index in [0.29, 0.717) is 29.3 Å². The fourth-order valence-corrected chi connectivity index (χ4v) is 1.63.